The molecule has 2 aromatic rings. The molecule has 0 saturated heterocycles. The van der Waals surface area contributed by atoms with E-state index in [1.165, 1.54) is 14.0 Å². The lowest BCUT2D eigenvalue weighted by Crippen LogP contribution is -2.39. The van der Waals surface area contributed by atoms with Crippen LogP contribution in [0.3, 0.4) is 0 Å². The van der Waals surface area contributed by atoms with E-state index in [0.29, 0.717) is 42.0 Å². The molecule has 3 rings (SSSR count). The number of carbonyl (C=O) groups excluding carboxylic acids is 1. The molecule has 31 heavy (non-hydrogen) atoms. The number of rotatable bonds is 8. The van der Waals surface area contributed by atoms with Gasteiger partial charge in [0.1, 0.15) is 19.0 Å². The zero-order chi connectivity index (χ0) is 22.5. The minimum absolute atomic E-state index is 0.160. The number of nitrogens with one attached hydrogen (secondary N) is 2. The molecule has 1 aliphatic heterocycles. The van der Waals surface area contributed by atoms with Gasteiger partial charge in [0.25, 0.3) is 0 Å². The fourth-order valence-electron chi connectivity index (χ4n) is 3.56. The van der Waals surface area contributed by atoms with Gasteiger partial charge in [-0.1, -0.05) is 13.8 Å². The van der Waals surface area contributed by atoms with Crippen molar-refractivity contribution >= 4 is 17.8 Å². The summed E-state index contributed by atoms with van der Waals surface area (Å²) in [6.07, 6.45) is 1.23. The molecule has 9 heteroatoms. The second-order valence-corrected chi connectivity index (χ2v) is 7.76. The van der Waals surface area contributed by atoms with Crippen molar-refractivity contribution in [3.05, 3.63) is 30.0 Å². The Kier molecular flexibility index (Phi) is 6.84. The van der Waals surface area contributed by atoms with E-state index in [-0.39, 0.29) is 18.6 Å². The van der Waals surface area contributed by atoms with Crippen molar-refractivity contribution in [3.8, 4) is 28.4 Å². The Hall–Kier alpha value is -3.49. The number of hydrogen-bond donors (Lipinski definition) is 3. The maximum Gasteiger partial charge on any atom is 0.404 e. The van der Waals surface area contributed by atoms with E-state index in [1.807, 2.05) is 19.9 Å². The van der Waals surface area contributed by atoms with Crippen LogP contribution < -0.4 is 24.8 Å². The summed E-state index contributed by atoms with van der Waals surface area (Å²) in [6, 6.07) is 5.06. The normalized spacial score (nSPS) is 12.8. The number of ether oxygens (including phenoxy) is 3. The van der Waals surface area contributed by atoms with E-state index < -0.39 is 6.09 Å². The predicted molar refractivity (Wildman–Crippen MR) is 115 cm³/mol. The highest BCUT2D eigenvalue weighted by Crippen LogP contribution is 2.48. The summed E-state index contributed by atoms with van der Waals surface area (Å²) in [6.45, 7) is 5.92. The summed E-state index contributed by atoms with van der Waals surface area (Å²) in [5.74, 6) is 1.97. The zero-order valence-electron chi connectivity index (χ0n) is 18.0. The van der Waals surface area contributed by atoms with Crippen molar-refractivity contribution in [2.75, 3.05) is 19.0 Å². The molecular formula is C22H27N3O6. The fourth-order valence-corrected chi connectivity index (χ4v) is 3.56. The van der Waals surface area contributed by atoms with E-state index in [9.17, 15) is 9.59 Å². The number of anilines is 1. The number of fused-ring (bicyclic) bond motifs is 3. The van der Waals surface area contributed by atoms with Gasteiger partial charge in [0.15, 0.2) is 11.5 Å². The van der Waals surface area contributed by atoms with Crippen molar-refractivity contribution < 1.29 is 28.9 Å². The van der Waals surface area contributed by atoms with Gasteiger partial charge in [-0.25, -0.2) is 9.78 Å². The molecule has 0 saturated carbocycles. The summed E-state index contributed by atoms with van der Waals surface area (Å²) in [4.78, 5) is 26.7. The number of aromatic nitrogens is 1. The number of carboxylic acid groups (broad SMARTS) is 1. The molecule has 9 nitrogen and oxygen atoms in total. The number of benzene rings is 1. The van der Waals surface area contributed by atoms with Gasteiger partial charge in [-0.2, -0.15) is 0 Å². The van der Waals surface area contributed by atoms with E-state index in [4.69, 9.17) is 19.3 Å². The standard InChI is InChI=1S/C22H27N3O6/c1-12(2)7-15(25-22(27)28)11-30-18-6-5-16-17-8-19(24-13(3)26)23-9-14(17)10-31-20(16)21(18)29-4/h5-6,8-9,12,15,25H,7,10-11H2,1-4H3,(H,27,28)(H,23,24,26). The Morgan fingerprint density at radius 1 is 1.29 bits per heavy atom. The molecule has 1 atom stereocenters. The lowest BCUT2D eigenvalue weighted by molar-refractivity contribution is -0.114. The molecule has 1 aliphatic rings. The third kappa shape index (κ3) is 5.36. The highest BCUT2D eigenvalue weighted by atomic mass is 16.5. The van der Waals surface area contributed by atoms with Crippen molar-refractivity contribution in [3.63, 3.8) is 0 Å². The molecule has 0 aliphatic carbocycles. The van der Waals surface area contributed by atoms with Crippen molar-refractivity contribution in [1.29, 1.82) is 0 Å². The lowest BCUT2D eigenvalue weighted by atomic mass is 9.98. The van der Waals surface area contributed by atoms with Crippen LogP contribution in [-0.4, -0.2) is 41.8 Å². The topological polar surface area (TPSA) is 119 Å². The second kappa shape index (κ2) is 9.55. The summed E-state index contributed by atoms with van der Waals surface area (Å²) >= 11 is 0. The third-order valence-electron chi connectivity index (χ3n) is 4.76. The van der Waals surface area contributed by atoms with Gasteiger partial charge < -0.3 is 30.0 Å². The van der Waals surface area contributed by atoms with Crippen LogP contribution in [0, 0.1) is 5.92 Å². The van der Waals surface area contributed by atoms with Crippen molar-refractivity contribution in [2.45, 2.75) is 39.8 Å². The minimum atomic E-state index is -1.09. The lowest BCUT2D eigenvalue weighted by Gasteiger charge is -2.25. The molecule has 166 valence electrons. The monoisotopic (exact) mass is 429 g/mol. The number of pyridine rings is 1. The second-order valence-electron chi connectivity index (χ2n) is 7.76. The van der Waals surface area contributed by atoms with Crippen molar-refractivity contribution in [1.82, 2.24) is 10.3 Å². The molecule has 1 aromatic carbocycles. The number of nitrogens with zero attached hydrogens (tertiary/aromatic N) is 1. The van der Waals surface area contributed by atoms with Gasteiger partial charge in [-0.15, -0.1) is 0 Å². The van der Waals surface area contributed by atoms with Gasteiger partial charge >= 0.3 is 6.09 Å². The first kappa shape index (κ1) is 22.2. The van der Waals surface area contributed by atoms with E-state index in [2.05, 4.69) is 15.6 Å². The summed E-state index contributed by atoms with van der Waals surface area (Å²) < 4.78 is 17.4. The average Bonchev–Trinajstić information content (AvgIpc) is 2.69. The Balaban J connectivity index is 1.88. The molecule has 3 N–H and O–H groups in total. The molecule has 0 fully saturated rings. The molecule has 2 amide bonds. The van der Waals surface area contributed by atoms with Crippen LogP contribution in [-0.2, 0) is 11.4 Å². The molecule has 1 aromatic heterocycles. The summed E-state index contributed by atoms with van der Waals surface area (Å²) in [5.41, 5.74) is 2.57. The number of methoxy groups -OCH3 is 1. The van der Waals surface area contributed by atoms with Gasteiger partial charge in [0.2, 0.25) is 11.7 Å². The Morgan fingerprint density at radius 3 is 2.71 bits per heavy atom. The van der Waals surface area contributed by atoms with Crippen LogP contribution in [0.4, 0.5) is 10.6 Å². The number of amides is 2. The first-order chi connectivity index (χ1) is 14.8. The van der Waals surface area contributed by atoms with Crippen LogP contribution >= 0.6 is 0 Å². The third-order valence-corrected chi connectivity index (χ3v) is 4.76. The Bertz CT molecular complexity index is 976. The molecule has 1 unspecified atom stereocenters. The first-order valence-corrected chi connectivity index (χ1v) is 10.0. The number of hydrogen-bond acceptors (Lipinski definition) is 6. The number of carbonyl (C=O) groups is 2. The quantitative estimate of drug-likeness (QED) is 0.586. The Labute approximate surface area is 180 Å². The molecule has 0 radical (unpaired) electrons. The first-order valence-electron chi connectivity index (χ1n) is 10.0. The molecule has 0 bridgehead atoms. The maximum atomic E-state index is 11.4. The Morgan fingerprint density at radius 2 is 2.06 bits per heavy atom. The van der Waals surface area contributed by atoms with Crippen LogP contribution in [0.2, 0.25) is 0 Å². The van der Waals surface area contributed by atoms with Gasteiger partial charge in [0.05, 0.1) is 13.2 Å². The summed E-state index contributed by atoms with van der Waals surface area (Å²) in [5, 5.41) is 14.3. The van der Waals surface area contributed by atoms with E-state index in [1.54, 1.807) is 18.3 Å². The van der Waals surface area contributed by atoms with Crippen LogP contribution in [0.15, 0.2) is 24.4 Å². The largest absolute Gasteiger partial charge is 0.490 e. The fraction of sp³-hybridized carbons (Fsp3) is 0.409. The summed E-state index contributed by atoms with van der Waals surface area (Å²) in [7, 11) is 1.53. The van der Waals surface area contributed by atoms with E-state index >= 15 is 0 Å². The molecule has 0 spiro atoms. The average molecular weight is 429 g/mol. The smallest absolute Gasteiger partial charge is 0.404 e. The SMILES string of the molecule is COc1c(OCC(CC(C)C)NC(=O)O)ccc2c1OCc1cnc(NC(C)=O)cc1-2. The molecule has 2 heterocycles. The molecular weight excluding hydrogens is 402 g/mol. The van der Waals surface area contributed by atoms with Gasteiger partial charge in [-0.05, 0) is 36.1 Å². The minimum Gasteiger partial charge on any atom is -0.490 e. The van der Waals surface area contributed by atoms with Crippen LogP contribution in [0.1, 0.15) is 32.8 Å². The van der Waals surface area contributed by atoms with Crippen molar-refractivity contribution in [2.24, 2.45) is 5.92 Å². The van der Waals surface area contributed by atoms with Gasteiger partial charge in [-0.3, -0.25) is 4.79 Å². The highest BCUT2D eigenvalue weighted by molar-refractivity contribution is 5.89. The van der Waals surface area contributed by atoms with Crippen LogP contribution in [0.25, 0.3) is 11.1 Å². The predicted octanol–water partition coefficient (Wildman–Crippen LogP) is 3.67. The van der Waals surface area contributed by atoms with Crippen LogP contribution in [0.5, 0.6) is 17.2 Å². The zero-order valence-corrected chi connectivity index (χ0v) is 18.0. The maximum absolute atomic E-state index is 11.4. The van der Waals surface area contributed by atoms with E-state index in [0.717, 1.165) is 16.7 Å². The highest BCUT2D eigenvalue weighted by Gasteiger charge is 2.25. The van der Waals surface area contributed by atoms with Gasteiger partial charge in [0, 0.05) is 24.2 Å².